The first kappa shape index (κ1) is 12.3. The summed E-state index contributed by atoms with van der Waals surface area (Å²) in [6.07, 6.45) is 3.21. The van der Waals surface area contributed by atoms with Gasteiger partial charge in [0.05, 0.1) is 18.1 Å². The molecule has 0 atom stereocenters. The molecular weight excluding hydrogens is 228 g/mol. The summed E-state index contributed by atoms with van der Waals surface area (Å²) in [6.45, 7) is 4.44. The predicted octanol–water partition coefficient (Wildman–Crippen LogP) is 1.96. The Morgan fingerprint density at radius 1 is 1.17 bits per heavy atom. The lowest BCUT2D eigenvalue weighted by molar-refractivity contribution is 0.296. The van der Waals surface area contributed by atoms with Gasteiger partial charge in [-0.3, -0.25) is 4.98 Å². The minimum absolute atomic E-state index is 0.392. The molecule has 1 aromatic heterocycles. The first-order valence-corrected chi connectivity index (χ1v) is 5.67. The number of anilines is 1. The largest absolute Gasteiger partial charge is 0.487 e. The van der Waals surface area contributed by atoms with Gasteiger partial charge >= 0.3 is 0 Å². The van der Waals surface area contributed by atoms with Gasteiger partial charge in [0.15, 0.2) is 5.82 Å². The van der Waals surface area contributed by atoms with Crippen LogP contribution in [0.15, 0.2) is 30.6 Å². The van der Waals surface area contributed by atoms with Crippen LogP contribution in [-0.4, -0.2) is 9.97 Å². The van der Waals surface area contributed by atoms with Crippen molar-refractivity contribution in [3.05, 3.63) is 47.4 Å². The highest BCUT2D eigenvalue weighted by Gasteiger charge is 2.04. The van der Waals surface area contributed by atoms with Crippen molar-refractivity contribution in [1.29, 1.82) is 0 Å². The molecule has 0 aliphatic heterocycles. The molecule has 0 radical (unpaired) electrons. The van der Waals surface area contributed by atoms with Gasteiger partial charge in [-0.2, -0.15) is 0 Å². The molecule has 0 aliphatic rings. The van der Waals surface area contributed by atoms with Gasteiger partial charge in [0.2, 0.25) is 0 Å². The maximum Gasteiger partial charge on any atom is 0.158 e. The third kappa shape index (κ3) is 2.75. The van der Waals surface area contributed by atoms with Crippen LogP contribution in [0.2, 0.25) is 0 Å². The number of aryl methyl sites for hydroxylation is 2. The van der Waals surface area contributed by atoms with Crippen molar-refractivity contribution in [2.24, 2.45) is 5.84 Å². The number of hydrazine groups is 1. The van der Waals surface area contributed by atoms with E-state index in [1.54, 1.807) is 12.4 Å². The molecule has 1 heterocycles. The average Bonchev–Trinajstić information content (AvgIpc) is 2.39. The smallest absolute Gasteiger partial charge is 0.158 e. The number of hydrogen-bond donors (Lipinski definition) is 2. The number of para-hydroxylation sites is 1. The minimum atomic E-state index is 0.392. The lowest BCUT2D eigenvalue weighted by Gasteiger charge is -2.11. The Morgan fingerprint density at radius 3 is 2.44 bits per heavy atom. The second-order valence-corrected chi connectivity index (χ2v) is 4.05. The van der Waals surface area contributed by atoms with Crippen LogP contribution in [0.4, 0.5) is 5.82 Å². The number of nitrogens with zero attached hydrogens (tertiary/aromatic N) is 2. The summed E-state index contributed by atoms with van der Waals surface area (Å²) in [6, 6.07) is 6.06. The SMILES string of the molecule is Cc1cccc(C)c1OCc1cnc(NN)cn1. The second kappa shape index (κ2) is 5.46. The van der Waals surface area contributed by atoms with Crippen LogP contribution in [0.25, 0.3) is 0 Å². The van der Waals surface area contributed by atoms with E-state index < -0.39 is 0 Å². The van der Waals surface area contributed by atoms with Crippen molar-refractivity contribution in [2.45, 2.75) is 20.5 Å². The predicted molar refractivity (Wildman–Crippen MR) is 70.1 cm³/mol. The second-order valence-electron chi connectivity index (χ2n) is 4.05. The Morgan fingerprint density at radius 2 is 1.89 bits per heavy atom. The Hall–Kier alpha value is -2.14. The Labute approximate surface area is 106 Å². The molecule has 2 rings (SSSR count). The molecular formula is C13H16N4O. The van der Waals surface area contributed by atoms with Crippen molar-refractivity contribution in [2.75, 3.05) is 5.43 Å². The van der Waals surface area contributed by atoms with Gasteiger partial charge in [0, 0.05) is 0 Å². The van der Waals surface area contributed by atoms with Crippen LogP contribution >= 0.6 is 0 Å². The standard InChI is InChI=1S/C13H16N4O/c1-9-4-3-5-10(2)13(9)18-8-11-6-16-12(17-14)7-15-11/h3-7H,8,14H2,1-2H3,(H,16,17). The zero-order valence-electron chi connectivity index (χ0n) is 10.5. The molecule has 0 aliphatic carbocycles. The molecule has 0 bridgehead atoms. The third-order valence-electron chi connectivity index (χ3n) is 2.63. The van der Waals surface area contributed by atoms with E-state index >= 15 is 0 Å². The maximum atomic E-state index is 5.77. The van der Waals surface area contributed by atoms with E-state index in [0.717, 1.165) is 22.6 Å². The van der Waals surface area contributed by atoms with Crippen molar-refractivity contribution in [3.63, 3.8) is 0 Å². The summed E-state index contributed by atoms with van der Waals surface area (Å²) >= 11 is 0. The summed E-state index contributed by atoms with van der Waals surface area (Å²) < 4.78 is 5.77. The Balaban J connectivity index is 2.06. The zero-order chi connectivity index (χ0) is 13.0. The molecule has 0 saturated carbocycles. The quantitative estimate of drug-likeness (QED) is 0.635. The van der Waals surface area contributed by atoms with Crippen LogP contribution in [0, 0.1) is 13.8 Å². The van der Waals surface area contributed by atoms with Gasteiger partial charge in [-0.25, -0.2) is 10.8 Å². The average molecular weight is 244 g/mol. The lowest BCUT2D eigenvalue weighted by Crippen LogP contribution is -2.09. The molecule has 5 nitrogen and oxygen atoms in total. The normalized spacial score (nSPS) is 10.2. The van der Waals surface area contributed by atoms with Crippen LogP contribution in [0.1, 0.15) is 16.8 Å². The zero-order valence-corrected chi connectivity index (χ0v) is 10.5. The molecule has 5 heteroatoms. The van der Waals surface area contributed by atoms with Crippen LogP contribution in [0.3, 0.4) is 0 Å². The van der Waals surface area contributed by atoms with Gasteiger partial charge in [-0.15, -0.1) is 0 Å². The number of ether oxygens (including phenoxy) is 1. The van der Waals surface area contributed by atoms with Crippen molar-refractivity contribution < 1.29 is 4.74 Å². The molecule has 0 fully saturated rings. The lowest BCUT2D eigenvalue weighted by atomic mass is 10.1. The summed E-state index contributed by atoms with van der Waals surface area (Å²) in [4.78, 5) is 8.27. The highest BCUT2D eigenvalue weighted by molar-refractivity contribution is 5.39. The number of nitrogens with one attached hydrogen (secondary N) is 1. The van der Waals surface area contributed by atoms with Gasteiger partial charge in [0.25, 0.3) is 0 Å². The maximum absolute atomic E-state index is 5.77. The summed E-state index contributed by atoms with van der Waals surface area (Å²) in [5, 5.41) is 0. The van der Waals surface area contributed by atoms with Crippen molar-refractivity contribution in [3.8, 4) is 5.75 Å². The molecule has 2 aromatic rings. The number of nitrogens with two attached hydrogens (primary N) is 1. The fourth-order valence-corrected chi connectivity index (χ4v) is 1.68. The molecule has 0 amide bonds. The minimum Gasteiger partial charge on any atom is -0.487 e. The fraction of sp³-hybridized carbons (Fsp3) is 0.231. The number of rotatable bonds is 4. The van der Waals surface area contributed by atoms with Crippen LogP contribution < -0.4 is 16.0 Å². The molecule has 94 valence electrons. The van der Waals surface area contributed by atoms with Gasteiger partial charge in [-0.1, -0.05) is 18.2 Å². The van der Waals surface area contributed by atoms with Gasteiger partial charge < -0.3 is 10.2 Å². The van der Waals surface area contributed by atoms with E-state index in [2.05, 4.69) is 15.4 Å². The summed E-state index contributed by atoms with van der Waals surface area (Å²) in [5.74, 6) is 6.66. The highest BCUT2D eigenvalue weighted by atomic mass is 16.5. The van der Waals surface area contributed by atoms with E-state index in [1.165, 1.54) is 0 Å². The number of hydrogen-bond acceptors (Lipinski definition) is 5. The van der Waals surface area contributed by atoms with Crippen LogP contribution in [0.5, 0.6) is 5.75 Å². The number of nitrogen functional groups attached to an aromatic ring is 1. The molecule has 0 spiro atoms. The van der Waals surface area contributed by atoms with Crippen molar-refractivity contribution in [1.82, 2.24) is 9.97 Å². The fourth-order valence-electron chi connectivity index (χ4n) is 1.68. The third-order valence-corrected chi connectivity index (χ3v) is 2.63. The Kier molecular flexibility index (Phi) is 3.74. The number of benzene rings is 1. The first-order chi connectivity index (χ1) is 8.70. The van der Waals surface area contributed by atoms with E-state index in [0.29, 0.717) is 12.4 Å². The number of aromatic nitrogens is 2. The first-order valence-electron chi connectivity index (χ1n) is 5.67. The monoisotopic (exact) mass is 244 g/mol. The van der Waals surface area contributed by atoms with E-state index in [1.807, 2.05) is 32.0 Å². The van der Waals surface area contributed by atoms with Gasteiger partial charge in [0.1, 0.15) is 12.4 Å². The summed E-state index contributed by atoms with van der Waals surface area (Å²) in [5.41, 5.74) is 5.42. The summed E-state index contributed by atoms with van der Waals surface area (Å²) in [7, 11) is 0. The Bertz CT molecular complexity index is 505. The highest BCUT2D eigenvalue weighted by Crippen LogP contribution is 2.23. The molecule has 1 aromatic carbocycles. The van der Waals surface area contributed by atoms with Crippen LogP contribution in [-0.2, 0) is 6.61 Å². The molecule has 18 heavy (non-hydrogen) atoms. The van der Waals surface area contributed by atoms with Crippen molar-refractivity contribution >= 4 is 5.82 Å². The topological polar surface area (TPSA) is 73.1 Å². The van der Waals surface area contributed by atoms with E-state index in [9.17, 15) is 0 Å². The molecule has 3 N–H and O–H groups in total. The van der Waals surface area contributed by atoms with Gasteiger partial charge in [-0.05, 0) is 25.0 Å². The molecule has 0 saturated heterocycles. The van der Waals surface area contributed by atoms with E-state index in [-0.39, 0.29) is 0 Å². The van der Waals surface area contributed by atoms with E-state index in [4.69, 9.17) is 10.6 Å². The molecule has 0 unspecified atom stereocenters.